The minimum Gasteiger partial charge on any atom is -0.456 e. The minimum atomic E-state index is 0.930. The summed E-state index contributed by atoms with van der Waals surface area (Å²) in [6.45, 7) is 0. The Morgan fingerprint density at radius 2 is 1.29 bits per heavy atom. The zero-order chi connectivity index (χ0) is 22.7. The number of thiophene rings is 1. The molecular formula is C32H17NOS. The molecule has 0 radical (unpaired) electrons. The van der Waals surface area contributed by atoms with Crippen LogP contribution < -0.4 is 0 Å². The zero-order valence-corrected chi connectivity index (χ0v) is 19.4. The fourth-order valence-corrected chi connectivity index (χ4v) is 7.12. The highest BCUT2D eigenvalue weighted by Crippen LogP contribution is 2.43. The minimum absolute atomic E-state index is 0.930. The molecule has 0 saturated carbocycles. The lowest BCUT2D eigenvalue weighted by Crippen LogP contribution is -1.90. The smallest absolute Gasteiger partial charge is 0.137 e. The molecule has 0 spiro atoms. The highest BCUT2D eigenvalue weighted by Gasteiger charge is 2.17. The molecule has 5 aromatic carbocycles. The fraction of sp³-hybridized carbons (Fsp3) is 0. The van der Waals surface area contributed by atoms with E-state index in [4.69, 9.17) is 4.42 Å². The molecule has 162 valence electrons. The van der Waals surface area contributed by atoms with Gasteiger partial charge in [-0.3, -0.25) is 0 Å². The van der Waals surface area contributed by atoms with Crippen LogP contribution in [0.3, 0.4) is 0 Å². The first kappa shape index (κ1) is 18.0. The second-order valence-electron chi connectivity index (χ2n) is 9.39. The van der Waals surface area contributed by atoms with Crippen LogP contribution in [0.4, 0.5) is 0 Å². The second-order valence-corrected chi connectivity index (χ2v) is 10.5. The van der Waals surface area contributed by atoms with Gasteiger partial charge in [-0.25, -0.2) is 0 Å². The Kier molecular flexibility index (Phi) is 3.20. The average molecular weight is 464 g/mol. The summed E-state index contributed by atoms with van der Waals surface area (Å²) in [6, 6.07) is 35.2. The average Bonchev–Trinajstić information content (AvgIpc) is 3.57. The summed E-state index contributed by atoms with van der Waals surface area (Å²) in [5.41, 5.74) is 4.30. The third-order valence-electron chi connectivity index (χ3n) is 7.54. The Labute approximate surface area is 203 Å². The summed E-state index contributed by atoms with van der Waals surface area (Å²) in [5.74, 6) is 0. The van der Waals surface area contributed by atoms with Gasteiger partial charge in [-0.15, -0.1) is 11.3 Å². The third kappa shape index (κ3) is 2.24. The van der Waals surface area contributed by atoms with E-state index >= 15 is 0 Å². The molecule has 4 aromatic heterocycles. The Balaban J connectivity index is 1.61. The molecule has 0 amide bonds. The lowest BCUT2D eigenvalue weighted by molar-refractivity contribution is 0.669. The lowest BCUT2D eigenvalue weighted by atomic mass is 9.99. The van der Waals surface area contributed by atoms with Crippen molar-refractivity contribution in [1.82, 2.24) is 4.40 Å². The highest BCUT2D eigenvalue weighted by atomic mass is 32.1. The first-order chi connectivity index (χ1) is 17.3. The van der Waals surface area contributed by atoms with Crippen molar-refractivity contribution < 1.29 is 4.42 Å². The maximum Gasteiger partial charge on any atom is 0.137 e. The van der Waals surface area contributed by atoms with Crippen molar-refractivity contribution in [2.24, 2.45) is 0 Å². The summed E-state index contributed by atoms with van der Waals surface area (Å²) < 4.78 is 11.3. The molecule has 0 bridgehead atoms. The monoisotopic (exact) mass is 463 g/mol. The molecule has 0 fully saturated rings. The van der Waals surface area contributed by atoms with Gasteiger partial charge in [0.25, 0.3) is 0 Å². The third-order valence-corrected chi connectivity index (χ3v) is 8.68. The number of nitrogens with zero attached hydrogens (tertiary/aromatic N) is 1. The van der Waals surface area contributed by atoms with Gasteiger partial charge in [0, 0.05) is 64.8 Å². The van der Waals surface area contributed by atoms with E-state index in [1.807, 2.05) is 17.4 Å². The summed E-state index contributed by atoms with van der Waals surface area (Å²) in [7, 11) is 0. The number of para-hydroxylation sites is 1. The normalized spacial score (nSPS) is 12.6. The second kappa shape index (κ2) is 6.21. The van der Waals surface area contributed by atoms with Crippen LogP contribution in [0, 0.1) is 0 Å². The van der Waals surface area contributed by atoms with Crippen molar-refractivity contribution in [2.75, 3.05) is 0 Å². The maximum atomic E-state index is 6.30. The van der Waals surface area contributed by atoms with Crippen LogP contribution in [-0.4, -0.2) is 4.40 Å². The molecule has 0 aliphatic carbocycles. The van der Waals surface area contributed by atoms with Gasteiger partial charge in [0.1, 0.15) is 11.2 Å². The first-order valence-electron chi connectivity index (χ1n) is 11.9. The van der Waals surface area contributed by atoms with E-state index in [-0.39, 0.29) is 0 Å². The van der Waals surface area contributed by atoms with Gasteiger partial charge in [-0.1, -0.05) is 60.7 Å². The zero-order valence-electron chi connectivity index (χ0n) is 18.6. The number of hydrogen-bond donors (Lipinski definition) is 0. The highest BCUT2D eigenvalue weighted by molar-refractivity contribution is 7.25. The fourth-order valence-electron chi connectivity index (χ4n) is 5.99. The molecule has 9 rings (SSSR count). The maximum absolute atomic E-state index is 6.30. The molecule has 2 nitrogen and oxygen atoms in total. The number of hydrogen-bond acceptors (Lipinski definition) is 2. The van der Waals surface area contributed by atoms with E-state index in [0.717, 1.165) is 16.6 Å². The summed E-state index contributed by atoms with van der Waals surface area (Å²) in [6.07, 6.45) is 2.27. The number of benzene rings is 5. The number of fused-ring (bicyclic) bond motifs is 14. The van der Waals surface area contributed by atoms with Gasteiger partial charge in [0.2, 0.25) is 0 Å². The van der Waals surface area contributed by atoms with E-state index in [1.54, 1.807) is 0 Å². The van der Waals surface area contributed by atoms with Gasteiger partial charge in [0.05, 0.1) is 11.0 Å². The SMILES string of the molecule is c1ccc2c(c1)cn1c3cc4oc5ccccc5c4cc3c3cc4c(cc3c21)sc1ccccc14. The summed E-state index contributed by atoms with van der Waals surface area (Å²) >= 11 is 1.88. The summed E-state index contributed by atoms with van der Waals surface area (Å²) in [5, 5.41) is 11.4. The molecule has 4 heterocycles. The van der Waals surface area contributed by atoms with Crippen LogP contribution in [0.15, 0.2) is 108 Å². The van der Waals surface area contributed by atoms with Crippen LogP contribution in [0.25, 0.3) is 80.1 Å². The van der Waals surface area contributed by atoms with Crippen molar-refractivity contribution in [3.05, 3.63) is 103 Å². The number of pyridine rings is 1. The predicted octanol–water partition coefficient (Wildman–Crippen LogP) is 9.67. The van der Waals surface area contributed by atoms with Crippen molar-refractivity contribution in [3.63, 3.8) is 0 Å². The first-order valence-corrected chi connectivity index (χ1v) is 12.7. The van der Waals surface area contributed by atoms with Crippen molar-refractivity contribution in [2.45, 2.75) is 0 Å². The topological polar surface area (TPSA) is 17.6 Å². The predicted molar refractivity (Wildman–Crippen MR) is 150 cm³/mol. The van der Waals surface area contributed by atoms with Gasteiger partial charge in [0.15, 0.2) is 0 Å². The Bertz CT molecular complexity index is 2330. The Morgan fingerprint density at radius 3 is 2.23 bits per heavy atom. The van der Waals surface area contributed by atoms with Crippen molar-refractivity contribution >= 4 is 91.4 Å². The molecule has 35 heavy (non-hydrogen) atoms. The summed E-state index contributed by atoms with van der Waals surface area (Å²) in [4.78, 5) is 0. The van der Waals surface area contributed by atoms with Gasteiger partial charge in [-0.2, -0.15) is 0 Å². The van der Waals surface area contributed by atoms with Crippen LogP contribution in [0.5, 0.6) is 0 Å². The molecule has 0 aliphatic rings. The van der Waals surface area contributed by atoms with Crippen LogP contribution in [0.2, 0.25) is 0 Å². The standard InChI is InChI=1S/C32H17NOS/c1-2-8-19-18(7-1)17-33-27-16-29-24(20-9-3-5-11-28(20)34-29)14-23(27)22-13-25-21-10-4-6-12-30(21)35-31(25)15-26(22)32(19)33/h1-17H. The van der Waals surface area contributed by atoms with Crippen LogP contribution in [-0.2, 0) is 0 Å². The van der Waals surface area contributed by atoms with E-state index in [2.05, 4.69) is 102 Å². The molecule has 0 unspecified atom stereocenters. The van der Waals surface area contributed by atoms with Gasteiger partial charge in [-0.05, 0) is 35.7 Å². The molecule has 9 aromatic rings. The Morgan fingerprint density at radius 1 is 0.514 bits per heavy atom. The van der Waals surface area contributed by atoms with E-state index < -0.39 is 0 Å². The molecule has 0 saturated heterocycles. The Hall–Kier alpha value is -4.34. The molecular weight excluding hydrogens is 446 g/mol. The van der Waals surface area contributed by atoms with Gasteiger partial charge < -0.3 is 8.82 Å². The molecule has 0 aliphatic heterocycles. The number of aromatic nitrogens is 1. The van der Waals surface area contributed by atoms with Crippen LogP contribution in [0.1, 0.15) is 0 Å². The number of rotatable bonds is 0. The molecule has 0 N–H and O–H groups in total. The number of furan rings is 1. The quantitative estimate of drug-likeness (QED) is 0.205. The molecule has 0 atom stereocenters. The largest absolute Gasteiger partial charge is 0.456 e. The van der Waals surface area contributed by atoms with E-state index in [0.29, 0.717) is 0 Å². The van der Waals surface area contributed by atoms with Crippen molar-refractivity contribution in [1.29, 1.82) is 0 Å². The van der Waals surface area contributed by atoms with Crippen molar-refractivity contribution in [3.8, 4) is 0 Å². The van der Waals surface area contributed by atoms with E-state index in [1.165, 1.54) is 63.5 Å². The van der Waals surface area contributed by atoms with Gasteiger partial charge >= 0.3 is 0 Å². The van der Waals surface area contributed by atoms with E-state index in [9.17, 15) is 0 Å². The lowest BCUT2D eigenvalue weighted by Gasteiger charge is -2.11. The van der Waals surface area contributed by atoms with Crippen LogP contribution >= 0.6 is 11.3 Å². The molecule has 3 heteroatoms.